The second kappa shape index (κ2) is 14.3. The van der Waals surface area contributed by atoms with E-state index in [1.54, 1.807) is 51.1 Å². The number of carbonyl (C=O) groups is 2. The highest BCUT2D eigenvalue weighted by molar-refractivity contribution is 6.07. The number of hydrogen-bond donors (Lipinski definition) is 0. The van der Waals surface area contributed by atoms with Crippen molar-refractivity contribution < 1.29 is 23.8 Å². The van der Waals surface area contributed by atoms with E-state index < -0.39 is 5.41 Å². The SMILES string of the molecule is C=CCc1ccc(OCCCC)c(C=CC(=O)c2ccc(OC(=O)C(C)(C)C)cc2)c1OCCCC. The van der Waals surface area contributed by atoms with Crippen molar-refractivity contribution >= 4 is 17.8 Å². The maximum Gasteiger partial charge on any atom is 0.316 e. The van der Waals surface area contributed by atoms with E-state index in [1.165, 1.54) is 6.08 Å². The number of allylic oxidation sites excluding steroid dienone is 2. The van der Waals surface area contributed by atoms with Crippen molar-refractivity contribution in [2.45, 2.75) is 66.7 Å². The van der Waals surface area contributed by atoms with Gasteiger partial charge >= 0.3 is 5.97 Å². The van der Waals surface area contributed by atoms with E-state index >= 15 is 0 Å². The molecule has 0 bridgehead atoms. The van der Waals surface area contributed by atoms with Crippen LogP contribution in [0.2, 0.25) is 0 Å². The Labute approximate surface area is 216 Å². The maximum atomic E-state index is 13.0. The first kappa shape index (κ1) is 28.9. The van der Waals surface area contributed by atoms with Crippen LogP contribution in [0.4, 0.5) is 0 Å². The molecule has 0 saturated carbocycles. The summed E-state index contributed by atoms with van der Waals surface area (Å²) >= 11 is 0. The average Bonchev–Trinajstić information content (AvgIpc) is 2.84. The van der Waals surface area contributed by atoms with Crippen LogP contribution in [0.5, 0.6) is 17.2 Å². The molecule has 0 spiro atoms. The molecule has 2 rings (SSSR count). The fourth-order valence-electron chi connectivity index (χ4n) is 3.24. The first-order valence-corrected chi connectivity index (χ1v) is 12.8. The minimum absolute atomic E-state index is 0.170. The zero-order chi connectivity index (χ0) is 26.6. The molecule has 36 heavy (non-hydrogen) atoms. The van der Waals surface area contributed by atoms with Gasteiger partial charge in [-0.1, -0.05) is 38.8 Å². The summed E-state index contributed by atoms with van der Waals surface area (Å²) in [4.78, 5) is 25.1. The molecule has 2 aromatic carbocycles. The van der Waals surface area contributed by atoms with E-state index in [0.29, 0.717) is 36.7 Å². The van der Waals surface area contributed by atoms with Gasteiger partial charge in [0.05, 0.1) is 24.2 Å². The molecule has 0 aliphatic heterocycles. The van der Waals surface area contributed by atoms with Crippen molar-refractivity contribution in [3.8, 4) is 17.2 Å². The predicted molar refractivity (Wildman–Crippen MR) is 146 cm³/mol. The Balaban J connectivity index is 2.33. The molecule has 0 heterocycles. The summed E-state index contributed by atoms with van der Waals surface area (Å²) in [6, 6.07) is 10.5. The predicted octanol–water partition coefficient (Wildman–Crippen LogP) is 7.62. The van der Waals surface area contributed by atoms with Gasteiger partial charge in [0, 0.05) is 5.56 Å². The van der Waals surface area contributed by atoms with Crippen molar-refractivity contribution in [3.05, 3.63) is 71.8 Å². The monoisotopic (exact) mass is 492 g/mol. The van der Waals surface area contributed by atoms with Crippen LogP contribution < -0.4 is 14.2 Å². The third-order valence-electron chi connectivity index (χ3n) is 5.46. The van der Waals surface area contributed by atoms with Crippen LogP contribution in [0.3, 0.4) is 0 Å². The number of ether oxygens (including phenoxy) is 3. The van der Waals surface area contributed by atoms with Gasteiger partial charge in [-0.15, -0.1) is 6.58 Å². The summed E-state index contributed by atoms with van der Waals surface area (Å²) in [7, 11) is 0. The molecule has 0 amide bonds. The molecular weight excluding hydrogens is 452 g/mol. The normalized spacial score (nSPS) is 11.4. The Morgan fingerprint density at radius 3 is 2.14 bits per heavy atom. The smallest absolute Gasteiger partial charge is 0.316 e. The van der Waals surface area contributed by atoms with Gasteiger partial charge in [0.25, 0.3) is 0 Å². The molecule has 0 aliphatic rings. The van der Waals surface area contributed by atoms with E-state index in [1.807, 2.05) is 18.2 Å². The minimum atomic E-state index is -0.606. The third kappa shape index (κ3) is 8.71. The fraction of sp³-hybridized carbons (Fsp3) is 0.419. The quantitative estimate of drug-likeness (QED) is 0.0678. The molecule has 194 valence electrons. The highest BCUT2D eigenvalue weighted by atomic mass is 16.5. The number of hydrogen-bond acceptors (Lipinski definition) is 5. The number of rotatable bonds is 14. The van der Waals surface area contributed by atoms with Gasteiger partial charge in [-0.2, -0.15) is 0 Å². The maximum absolute atomic E-state index is 13.0. The highest BCUT2D eigenvalue weighted by Gasteiger charge is 2.23. The van der Waals surface area contributed by atoms with Gasteiger partial charge in [-0.05, 0) is 88.1 Å². The Hall–Kier alpha value is -3.34. The summed E-state index contributed by atoms with van der Waals surface area (Å²) in [5, 5.41) is 0. The molecule has 0 unspecified atom stereocenters. The minimum Gasteiger partial charge on any atom is -0.493 e. The van der Waals surface area contributed by atoms with E-state index in [4.69, 9.17) is 14.2 Å². The van der Waals surface area contributed by atoms with Crippen LogP contribution in [-0.4, -0.2) is 25.0 Å². The van der Waals surface area contributed by atoms with Gasteiger partial charge in [0.15, 0.2) is 5.78 Å². The van der Waals surface area contributed by atoms with Gasteiger partial charge < -0.3 is 14.2 Å². The van der Waals surface area contributed by atoms with Gasteiger partial charge in [0.1, 0.15) is 17.2 Å². The summed E-state index contributed by atoms with van der Waals surface area (Å²) in [5.74, 6) is 1.33. The number of ketones is 1. The zero-order valence-electron chi connectivity index (χ0n) is 22.4. The lowest BCUT2D eigenvalue weighted by Crippen LogP contribution is -2.25. The fourth-order valence-corrected chi connectivity index (χ4v) is 3.24. The van der Waals surface area contributed by atoms with Crippen LogP contribution in [-0.2, 0) is 11.2 Å². The molecule has 0 N–H and O–H groups in total. The van der Waals surface area contributed by atoms with E-state index in [2.05, 4.69) is 20.4 Å². The molecule has 0 aromatic heterocycles. The molecule has 0 aliphatic carbocycles. The van der Waals surface area contributed by atoms with Crippen molar-refractivity contribution in [1.29, 1.82) is 0 Å². The van der Waals surface area contributed by atoms with Crippen LogP contribution in [0.25, 0.3) is 6.08 Å². The summed E-state index contributed by atoms with van der Waals surface area (Å²) < 4.78 is 17.6. The lowest BCUT2D eigenvalue weighted by Gasteiger charge is -2.17. The second-order valence-electron chi connectivity index (χ2n) is 9.72. The van der Waals surface area contributed by atoms with Gasteiger partial charge in [0.2, 0.25) is 0 Å². The molecule has 5 heteroatoms. The number of carbonyl (C=O) groups excluding carboxylic acids is 2. The number of unbranched alkanes of at least 4 members (excludes halogenated alkanes) is 2. The average molecular weight is 493 g/mol. The molecule has 0 atom stereocenters. The standard InChI is InChI=1S/C31H40O5/c1-7-10-21-34-28-20-15-24(12-9-3)29(35-22-11-8-2)26(28)18-19-27(32)23-13-16-25(17-14-23)36-30(33)31(4,5)6/h9,13-20H,3,7-8,10-12,21-22H2,1-2,4-6H3. The Kier molecular flexibility index (Phi) is 11.5. The van der Waals surface area contributed by atoms with Crippen LogP contribution >= 0.6 is 0 Å². The Bertz CT molecular complexity index is 1040. The van der Waals surface area contributed by atoms with Crippen molar-refractivity contribution in [1.82, 2.24) is 0 Å². The van der Waals surface area contributed by atoms with Crippen LogP contribution in [0, 0.1) is 5.41 Å². The molecule has 5 nitrogen and oxygen atoms in total. The number of esters is 1. The number of benzene rings is 2. The zero-order valence-corrected chi connectivity index (χ0v) is 22.4. The summed E-state index contributed by atoms with van der Waals surface area (Å²) in [5.41, 5.74) is 1.64. The topological polar surface area (TPSA) is 61.8 Å². The Morgan fingerprint density at radius 2 is 1.56 bits per heavy atom. The molecule has 0 fully saturated rings. The Morgan fingerprint density at radius 1 is 0.917 bits per heavy atom. The van der Waals surface area contributed by atoms with Crippen LogP contribution in [0.15, 0.2) is 55.1 Å². The van der Waals surface area contributed by atoms with Crippen molar-refractivity contribution in [3.63, 3.8) is 0 Å². The molecular formula is C31H40O5. The van der Waals surface area contributed by atoms with Gasteiger partial charge in [-0.25, -0.2) is 0 Å². The summed E-state index contributed by atoms with van der Waals surface area (Å²) in [6.07, 6.45) is 9.71. The first-order valence-electron chi connectivity index (χ1n) is 12.8. The third-order valence-corrected chi connectivity index (χ3v) is 5.46. The molecule has 0 radical (unpaired) electrons. The van der Waals surface area contributed by atoms with E-state index in [0.717, 1.165) is 42.6 Å². The van der Waals surface area contributed by atoms with Gasteiger partial charge in [-0.3, -0.25) is 9.59 Å². The van der Waals surface area contributed by atoms with Crippen LogP contribution in [0.1, 0.15) is 81.8 Å². The van der Waals surface area contributed by atoms with Crippen molar-refractivity contribution in [2.24, 2.45) is 5.41 Å². The lowest BCUT2D eigenvalue weighted by molar-refractivity contribution is -0.143. The van der Waals surface area contributed by atoms with E-state index in [9.17, 15) is 9.59 Å². The lowest BCUT2D eigenvalue weighted by atomic mass is 9.97. The second-order valence-corrected chi connectivity index (χ2v) is 9.72. The first-order chi connectivity index (χ1) is 17.2. The molecule has 2 aromatic rings. The summed E-state index contributed by atoms with van der Waals surface area (Å²) in [6.45, 7) is 14.7. The van der Waals surface area contributed by atoms with Crippen molar-refractivity contribution in [2.75, 3.05) is 13.2 Å². The largest absolute Gasteiger partial charge is 0.493 e. The highest BCUT2D eigenvalue weighted by Crippen LogP contribution is 2.35. The van der Waals surface area contributed by atoms with E-state index in [-0.39, 0.29) is 11.8 Å². The molecule has 0 saturated heterocycles.